The third-order valence-electron chi connectivity index (χ3n) is 5.38. The van der Waals surface area contributed by atoms with E-state index in [1.807, 2.05) is 12.1 Å². The first-order valence-electron chi connectivity index (χ1n) is 8.73. The second kappa shape index (κ2) is 6.55. The van der Waals surface area contributed by atoms with Gasteiger partial charge in [-0.05, 0) is 31.9 Å². The second-order valence-corrected chi connectivity index (χ2v) is 7.49. The monoisotopic (exact) mass is 349 g/mol. The Balaban J connectivity index is 1.73. The molecule has 1 spiro atoms. The third-order valence-corrected chi connectivity index (χ3v) is 5.38. The maximum atomic E-state index is 12.1. The van der Waals surface area contributed by atoms with Crippen molar-refractivity contribution in [3.63, 3.8) is 0 Å². The maximum absolute atomic E-state index is 12.1. The zero-order chi connectivity index (χ0) is 18.2. The molecule has 1 aromatic rings. The Morgan fingerprint density at radius 3 is 2.64 bits per heavy atom. The number of nitrogens with zero attached hydrogens (tertiary/aromatic N) is 3. The van der Waals surface area contributed by atoms with Gasteiger partial charge in [0.15, 0.2) is 0 Å². The average molecular weight is 349 g/mol. The van der Waals surface area contributed by atoms with Gasteiger partial charge in [-0.2, -0.15) is 0 Å². The second-order valence-electron chi connectivity index (χ2n) is 7.49. The molecule has 138 valence electrons. The van der Waals surface area contributed by atoms with E-state index in [0.717, 1.165) is 5.82 Å². The van der Waals surface area contributed by atoms with Crippen LogP contribution in [-0.4, -0.2) is 77.1 Å². The molecule has 25 heavy (non-hydrogen) atoms. The van der Waals surface area contributed by atoms with Gasteiger partial charge in [0.25, 0.3) is 5.91 Å². The van der Waals surface area contributed by atoms with Crippen LogP contribution >= 0.6 is 0 Å². The van der Waals surface area contributed by atoms with Crippen molar-refractivity contribution in [3.05, 3.63) is 23.9 Å². The highest BCUT2D eigenvalue weighted by atomic mass is 16.5. The summed E-state index contributed by atoms with van der Waals surface area (Å²) < 4.78 is 5.91. The van der Waals surface area contributed by atoms with Gasteiger partial charge in [0.2, 0.25) is 0 Å². The predicted octanol–water partition coefficient (Wildman–Crippen LogP) is 0.655. The SMILES string of the molecule is CN(C)C(=O)c1cccc(N2CCC3(CC2)OCC[C@@](C)(O)[C@@H]3O)n1. The normalized spacial score (nSPS) is 28.8. The van der Waals surface area contributed by atoms with Crippen LogP contribution in [0.2, 0.25) is 0 Å². The fraction of sp³-hybridized carbons (Fsp3) is 0.667. The lowest BCUT2D eigenvalue weighted by Crippen LogP contribution is -2.64. The minimum atomic E-state index is -1.11. The minimum Gasteiger partial charge on any atom is -0.387 e. The van der Waals surface area contributed by atoms with Gasteiger partial charge in [0, 0.05) is 33.6 Å². The molecule has 2 fully saturated rings. The van der Waals surface area contributed by atoms with Crippen LogP contribution in [0.25, 0.3) is 0 Å². The number of piperidine rings is 1. The number of aliphatic hydroxyl groups excluding tert-OH is 1. The lowest BCUT2D eigenvalue weighted by Gasteiger charge is -2.51. The lowest BCUT2D eigenvalue weighted by molar-refractivity contribution is -0.239. The molecule has 7 heteroatoms. The summed E-state index contributed by atoms with van der Waals surface area (Å²) in [4.78, 5) is 20.2. The van der Waals surface area contributed by atoms with E-state index in [-0.39, 0.29) is 5.91 Å². The van der Waals surface area contributed by atoms with E-state index >= 15 is 0 Å². The summed E-state index contributed by atoms with van der Waals surface area (Å²) in [5, 5.41) is 21.0. The number of aromatic nitrogens is 1. The van der Waals surface area contributed by atoms with Gasteiger partial charge in [-0.25, -0.2) is 4.98 Å². The van der Waals surface area contributed by atoms with E-state index in [4.69, 9.17) is 4.74 Å². The number of rotatable bonds is 2. The first-order chi connectivity index (χ1) is 11.8. The van der Waals surface area contributed by atoms with Crippen molar-refractivity contribution in [2.75, 3.05) is 38.7 Å². The number of hydrogen-bond donors (Lipinski definition) is 2. The van der Waals surface area contributed by atoms with Gasteiger partial charge in [-0.15, -0.1) is 0 Å². The molecule has 3 heterocycles. The molecule has 0 radical (unpaired) electrons. The Labute approximate surface area is 148 Å². The summed E-state index contributed by atoms with van der Waals surface area (Å²) in [6, 6.07) is 5.43. The van der Waals surface area contributed by atoms with Crippen molar-refractivity contribution in [1.29, 1.82) is 0 Å². The number of carbonyl (C=O) groups excluding carboxylic acids is 1. The summed E-state index contributed by atoms with van der Waals surface area (Å²) in [5.74, 6) is 0.622. The Bertz CT molecular complexity index is 639. The van der Waals surface area contributed by atoms with Gasteiger partial charge in [0.05, 0.1) is 12.2 Å². The number of carbonyl (C=O) groups is 1. The summed E-state index contributed by atoms with van der Waals surface area (Å²) in [6.07, 6.45) is 0.761. The number of anilines is 1. The highest BCUT2D eigenvalue weighted by Crippen LogP contribution is 2.40. The number of ether oxygens (including phenoxy) is 1. The van der Waals surface area contributed by atoms with Crippen LogP contribution in [0.4, 0.5) is 5.82 Å². The number of hydrogen-bond acceptors (Lipinski definition) is 6. The minimum absolute atomic E-state index is 0.127. The molecule has 0 aliphatic carbocycles. The topological polar surface area (TPSA) is 86.1 Å². The predicted molar refractivity (Wildman–Crippen MR) is 93.6 cm³/mol. The fourth-order valence-corrected chi connectivity index (χ4v) is 3.72. The number of amides is 1. The molecule has 0 bridgehead atoms. The third kappa shape index (κ3) is 3.36. The molecular formula is C18H27N3O4. The van der Waals surface area contributed by atoms with Crippen molar-refractivity contribution in [1.82, 2.24) is 9.88 Å². The largest absolute Gasteiger partial charge is 0.387 e. The van der Waals surface area contributed by atoms with Crippen LogP contribution in [-0.2, 0) is 4.74 Å². The van der Waals surface area contributed by atoms with Gasteiger partial charge < -0.3 is 24.7 Å². The molecule has 1 amide bonds. The molecule has 2 aliphatic rings. The smallest absolute Gasteiger partial charge is 0.272 e. The van der Waals surface area contributed by atoms with Crippen molar-refractivity contribution < 1.29 is 19.7 Å². The maximum Gasteiger partial charge on any atom is 0.272 e. The van der Waals surface area contributed by atoms with Gasteiger partial charge in [0.1, 0.15) is 23.2 Å². The molecule has 7 nitrogen and oxygen atoms in total. The van der Waals surface area contributed by atoms with Gasteiger partial charge in [-0.1, -0.05) is 6.07 Å². The number of pyridine rings is 1. The zero-order valence-electron chi connectivity index (χ0n) is 15.1. The van der Waals surface area contributed by atoms with Crippen molar-refractivity contribution >= 4 is 11.7 Å². The summed E-state index contributed by atoms with van der Waals surface area (Å²) in [5.41, 5.74) is -1.40. The Morgan fingerprint density at radius 1 is 1.32 bits per heavy atom. The summed E-state index contributed by atoms with van der Waals surface area (Å²) in [7, 11) is 3.41. The Hall–Kier alpha value is -1.70. The molecular weight excluding hydrogens is 322 g/mol. The Morgan fingerprint density at radius 2 is 2.00 bits per heavy atom. The molecule has 0 aromatic carbocycles. The van der Waals surface area contributed by atoms with Crippen molar-refractivity contribution in [2.24, 2.45) is 0 Å². The molecule has 0 unspecified atom stereocenters. The van der Waals surface area contributed by atoms with E-state index in [2.05, 4.69) is 9.88 Å². The van der Waals surface area contributed by atoms with Crippen LogP contribution < -0.4 is 4.90 Å². The molecule has 2 N–H and O–H groups in total. The van der Waals surface area contributed by atoms with Crippen LogP contribution in [0.5, 0.6) is 0 Å². The summed E-state index contributed by atoms with van der Waals surface area (Å²) in [6.45, 7) is 3.43. The molecule has 3 rings (SSSR count). The van der Waals surface area contributed by atoms with Crippen LogP contribution in [0, 0.1) is 0 Å². The first kappa shape index (κ1) is 18.1. The van der Waals surface area contributed by atoms with Gasteiger partial charge in [-0.3, -0.25) is 4.79 Å². The summed E-state index contributed by atoms with van der Waals surface area (Å²) >= 11 is 0. The molecule has 1 aromatic heterocycles. The van der Waals surface area contributed by atoms with Crippen LogP contribution in [0.1, 0.15) is 36.7 Å². The van der Waals surface area contributed by atoms with E-state index in [1.165, 1.54) is 4.90 Å². The fourth-order valence-electron chi connectivity index (χ4n) is 3.72. The van der Waals surface area contributed by atoms with E-state index in [9.17, 15) is 15.0 Å². The number of aliphatic hydroxyl groups is 2. The molecule has 2 aliphatic heterocycles. The molecule has 0 saturated carbocycles. The van der Waals surface area contributed by atoms with Crippen LogP contribution in [0.15, 0.2) is 18.2 Å². The van der Waals surface area contributed by atoms with Crippen molar-refractivity contribution in [2.45, 2.75) is 43.5 Å². The van der Waals surface area contributed by atoms with Crippen molar-refractivity contribution in [3.8, 4) is 0 Å². The van der Waals surface area contributed by atoms with E-state index in [1.54, 1.807) is 27.1 Å². The molecule has 2 atom stereocenters. The highest BCUT2D eigenvalue weighted by molar-refractivity contribution is 5.92. The zero-order valence-corrected chi connectivity index (χ0v) is 15.1. The van der Waals surface area contributed by atoms with Crippen LogP contribution in [0.3, 0.4) is 0 Å². The first-order valence-corrected chi connectivity index (χ1v) is 8.73. The standard InChI is InChI=1S/C18H27N3O4/c1-17(24)9-12-25-18(16(17)23)7-10-21(11-8-18)14-6-4-5-13(19-14)15(22)20(2)3/h4-6,16,23-24H,7-12H2,1-3H3/t16-,17+/m0/s1. The lowest BCUT2D eigenvalue weighted by atomic mass is 9.75. The van der Waals surface area contributed by atoms with Gasteiger partial charge >= 0.3 is 0 Å². The quantitative estimate of drug-likeness (QED) is 0.816. The van der Waals surface area contributed by atoms with E-state index < -0.39 is 17.3 Å². The van der Waals surface area contributed by atoms with E-state index in [0.29, 0.717) is 44.7 Å². The molecule has 2 saturated heterocycles. The average Bonchev–Trinajstić information content (AvgIpc) is 2.60. The Kier molecular flexibility index (Phi) is 4.74. The highest BCUT2D eigenvalue weighted by Gasteiger charge is 2.52.